The van der Waals surface area contributed by atoms with Gasteiger partial charge in [0.1, 0.15) is 18.5 Å². The molecule has 1 N–H and O–H groups in total. The number of rotatable bonds is 6. The molecule has 2 aromatic rings. The highest BCUT2D eigenvalue weighted by molar-refractivity contribution is 5.34. The summed E-state index contributed by atoms with van der Waals surface area (Å²) in [6.07, 6.45) is 9.26. The molecule has 0 amide bonds. The number of aliphatic hydroxyl groups excluding tert-OH is 1. The molecule has 0 radical (unpaired) electrons. The van der Waals surface area contributed by atoms with Crippen LogP contribution in [0.1, 0.15) is 55.2 Å². The molecule has 0 saturated heterocycles. The summed E-state index contributed by atoms with van der Waals surface area (Å²) in [6.45, 7) is 2.95. The van der Waals surface area contributed by atoms with Crippen molar-refractivity contribution in [1.29, 1.82) is 0 Å². The molecule has 3 heteroatoms. The first kappa shape index (κ1) is 19.8. The van der Waals surface area contributed by atoms with Crippen LogP contribution in [-0.4, -0.2) is 35.8 Å². The summed E-state index contributed by atoms with van der Waals surface area (Å²) >= 11 is 0. The van der Waals surface area contributed by atoms with Crippen molar-refractivity contribution in [2.24, 2.45) is 17.8 Å². The van der Waals surface area contributed by atoms with E-state index in [2.05, 4.69) is 53.4 Å². The van der Waals surface area contributed by atoms with Gasteiger partial charge in [0.05, 0.1) is 0 Å². The Labute approximate surface area is 186 Å². The number of nitrogens with zero attached hydrogens (tertiary/aromatic N) is 1. The minimum absolute atomic E-state index is 0.356. The number of hydrogen-bond acceptors (Lipinski definition) is 3. The first-order chi connectivity index (χ1) is 15.1. The highest BCUT2D eigenvalue weighted by Gasteiger charge is 2.51. The van der Waals surface area contributed by atoms with Crippen molar-refractivity contribution in [3.05, 3.63) is 65.2 Å². The fourth-order valence-corrected chi connectivity index (χ4v) is 7.62. The van der Waals surface area contributed by atoms with Gasteiger partial charge in [0, 0.05) is 19.6 Å². The van der Waals surface area contributed by atoms with Gasteiger partial charge in [0.15, 0.2) is 0 Å². The molecule has 164 valence electrons. The topological polar surface area (TPSA) is 32.7 Å². The van der Waals surface area contributed by atoms with Crippen LogP contribution in [0.3, 0.4) is 0 Å². The summed E-state index contributed by atoms with van der Waals surface area (Å²) < 4.78 is 5.98. The molecule has 7 rings (SSSR count). The molecule has 5 aliphatic rings. The molecular formula is C28H35NO2. The number of fused-ring (bicyclic) bond motifs is 1. The zero-order chi connectivity index (χ0) is 20.8. The SMILES string of the molecule is O[C@@H](COc1ccc(C23CC4CC(CC(C4)C2)C3)cc1)CN1CCc2ccccc2C1. The van der Waals surface area contributed by atoms with E-state index in [1.807, 2.05) is 0 Å². The monoisotopic (exact) mass is 417 g/mol. The Morgan fingerprint density at radius 2 is 1.55 bits per heavy atom. The molecule has 1 heterocycles. The molecule has 1 aliphatic heterocycles. The molecule has 2 aromatic carbocycles. The summed E-state index contributed by atoms with van der Waals surface area (Å²) in [7, 11) is 0. The van der Waals surface area contributed by atoms with Crippen LogP contribution in [0.15, 0.2) is 48.5 Å². The third-order valence-electron chi connectivity index (χ3n) is 8.63. The zero-order valence-electron chi connectivity index (χ0n) is 18.5. The van der Waals surface area contributed by atoms with Crippen molar-refractivity contribution < 1.29 is 9.84 Å². The Bertz CT molecular complexity index is 886. The second-order valence-electron chi connectivity index (χ2n) is 10.9. The van der Waals surface area contributed by atoms with Crippen LogP contribution < -0.4 is 4.74 Å². The molecule has 1 atom stereocenters. The van der Waals surface area contributed by atoms with E-state index in [0.717, 1.165) is 43.0 Å². The van der Waals surface area contributed by atoms with Gasteiger partial charge in [-0.1, -0.05) is 36.4 Å². The fraction of sp³-hybridized carbons (Fsp3) is 0.571. The van der Waals surface area contributed by atoms with Crippen molar-refractivity contribution in [2.45, 2.75) is 63.0 Å². The average molecular weight is 418 g/mol. The van der Waals surface area contributed by atoms with Crippen molar-refractivity contribution in [1.82, 2.24) is 4.90 Å². The Hall–Kier alpha value is -1.84. The van der Waals surface area contributed by atoms with E-state index in [9.17, 15) is 5.11 Å². The summed E-state index contributed by atoms with van der Waals surface area (Å²) in [6, 6.07) is 17.6. The summed E-state index contributed by atoms with van der Waals surface area (Å²) in [5.41, 5.74) is 4.81. The molecule has 4 fully saturated rings. The molecular weight excluding hydrogens is 382 g/mol. The Morgan fingerprint density at radius 3 is 2.23 bits per heavy atom. The van der Waals surface area contributed by atoms with Crippen molar-refractivity contribution in [2.75, 3.05) is 19.7 Å². The first-order valence-electron chi connectivity index (χ1n) is 12.4. The lowest BCUT2D eigenvalue weighted by Crippen LogP contribution is -2.48. The number of hydrogen-bond donors (Lipinski definition) is 1. The number of β-amino-alcohol motifs (C(OH)–C–C–N with tert-alkyl or cyclic N) is 1. The molecule has 4 bridgehead atoms. The maximum Gasteiger partial charge on any atom is 0.119 e. The lowest BCUT2D eigenvalue weighted by molar-refractivity contribution is -0.00522. The average Bonchev–Trinajstić information content (AvgIpc) is 2.77. The smallest absolute Gasteiger partial charge is 0.119 e. The van der Waals surface area contributed by atoms with E-state index in [-0.39, 0.29) is 0 Å². The van der Waals surface area contributed by atoms with Crippen molar-refractivity contribution >= 4 is 0 Å². The number of aliphatic hydroxyl groups is 1. The molecule has 4 aliphatic carbocycles. The molecule has 0 aromatic heterocycles. The van der Waals surface area contributed by atoms with Crippen LogP contribution in [0, 0.1) is 17.8 Å². The summed E-state index contributed by atoms with van der Waals surface area (Å²) in [5.74, 6) is 3.80. The first-order valence-corrected chi connectivity index (χ1v) is 12.4. The lowest BCUT2D eigenvalue weighted by Gasteiger charge is -2.57. The second kappa shape index (κ2) is 7.94. The van der Waals surface area contributed by atoms with Gasteiger partial charge in [-0.05, 0) is 96.9 Å². The molecule has 31 heavy (non-hydrogen) atoms. The standard InChI is InChI=1S/C28H35NO2/c30-26(18-29-10-9-23-3-1-2-4-24(23)17-29)19-31-27-7-5-25(6-8-27)28-14-20-11-21(15-28)13-22(12-20)16-28/h1-8,20-22,26,30H,9-19H2/t20?,21?,22?,26-,28?/m1/s1. The normalized spacial score (nSPS) is 32.6. The molecule has 0 spiro atoms. The third kappa shape index (κ3) is 3.91. The van der Waals surface area contributed by atoms with Crippen LogP contribution in [0.4, 0.5) is 0 Å². The molecule has 3 nitrogen and oxygen atoms in total. The zero-order valence-corrected chi connectivity index (χ0v) is 18.5. The van der Waals surface area contributed by atoms with Gasteiger partial charge < -0.3 is 9.84 Å². The summed E-state index contributed by atoms with van der Waals surface area (Å²) in [5, 5.41) is 10.6. The third-order valence-corrected chi connectivity index (χ3v) is 8.63. The van der Waals surface area contributed by atoms with E-state index in [0.29, 0.717) is 18.6 Å². The predicted octanol–water partition coefficient (Wildman–Crippen LogP) is 4.95. The van der Waals surface area contributed by atoms with E-state index < -0.39 is 6.10 Å². The van der Waals surface area contributed by atoms with Crippen LogP contribution in [0.25, 0.3) is 0 Å². The largest absolute Gasteiger partial charge is 0.491 e. The number of benzene rings is 2. The quantitative estimate of drug-likeness (QED) is 0.722. The molecule has 4 saturated carbocycles. The van der Waals surface area contributed by atoms with Crippen molar-refractivity contribution in [3.63, 3.8) is 0 Å². The van der Waals surface area contributed by atoms with Gasteiger partial charge in [0.2, 0.25) is 0 Å². The minimum Gasteiger partial charge on any atom is -0.491 e. The fourth-order valence-electron chi connectivity index (χ4n) is 7.62. The van der Waals surface area contributed by atoms with Crippen LogP contribution in [-0.2, 0) is 18.4 Å². The van der Waals surface area contributed by atoms with Gasteiger partial charge in [-0.3, -0.25) is 4.90 Å². The summed E-state index contributed by atoms with van der Waals surface area (Å²) in [4.78, 5) is 2.34. The van der Waals surface area contributed by atoms with Crippen LogP contribution in [0.2, 0.25) is 0 Å². The van der Waals surface area contributed by atoms with Gasteiger partial charge in [-0.2, -0.15) is 0 Å². The van der Waals surface area contributed by atoms with Gasteiger partial charge >= 0.3 is 0 Å². The van der Waals surface area contributed by atoms with Crippen LogP contribution >= 0.6 is 0 Å². The van der Waals surface area contributed by atoms with E-state index in [4.69, 9.17) is 4.74 Å². The maximum atomic E-state index is 10.6. The second-order valence-corrected chi connectivity index (χ2v) is 10.9. The van der Waals surface area contributed by atoms with Gasteiger partial charge in [-0.15, -0.1) is 0 Å². The van der Waals surface area contributed by atoms with E-state index in [1.54, 1.807) is 0 Å². The Kier molecular flexibility index (Phi) is 5.07. The minimum atomic E-state index is -0.465. The molecule has 0 unspecified atom stereocenters. The Balaban J connectivity index is 1.04. The van der Waals surface area contributed by atoms with Gasteiger partial charge in [0.25, 0.3) is 0 Å². The predicted molar refractivity (Wildman–Crippen MR) is 123 cm³/mol. The maximum absolute atomic E-state index is 10.6. The highest BCUT2D eigenvalue weighted by Crippen LogP contribution is 2.60. The van der Waals surface area contributed by atoms with Gasteiger partial charge in [-0.25, -0.2) is 0 Å². The lowest BCUT2D eigenvalue weighted by atomic mass is 9.48. The van der Waals surface area contributed by atoms with Crippen molar-refractivity contribution in [3.8, 4) is 5.75 Å². The van der Waals surface area contributed by atoms with Crippen LogP contribution in [0.5, 0.6) is 5.75 Å². The van der Waals surface area contributed by atoms with E-state index >= 15 is 0 Å². The van der Waals surface area contributed by atoms with E-state index in [1.165, 1.54) is 55.2 Å². The highest BCUT2D eigenvalue weighted by atomic mass is 16.5. The Morgan fingerprint density at radius 1 is 0.903 bits per heavy atom. The number of ether oxygens (including phenoxy) is 1.